The molecule has 0 unspecified atom stereocenters. The van der Waals surface area contributed by atoms with Crippen molar-refractivity contribution in [3.05, 3.63) is 70.1 Å². The molecule has 2 amide bonds. The Bertz CT molecular complexity index is 871. The number of nitrogens with zero attached hydrogens (tertiary/aromatic N) is 1. The van der Waals surface area contributed by atoms with Gasteiger partial charge in [0.2, 0.25) is 0 Å². The average molecular weight is 339 g/mol. The standard InChI is InChI=1S/C18H13NO4S/c1-11-4-2-3-5-14(11)19-16(20)15(24-18(19)23)10-12-6-8-13(9-7-12)17(21)22/h2-10H,1H3,(H,21,22)/b15-10+. The van der Waals surface area contributed by atoms with Crippen LogP contribution in [0.25, 0.3) is 6.08 Å². The minimum absolute atomic E-state index is 0.167. The van der Waals surface area contributed by atoms with Crippen LogP contribution in [0.15, 0.2) is 53.4 Å². The number of anilines is 1. The number of aromatic carboxylic acids is 1. The van der Waals surface area contributed by atoms with E-state index in [-0.39, 0.29) is 16.7 Å². The van der Waals surface area contributed by atoms with Gasteiger partial charge in [0.25, 0.3) is 11.1 Å². The number of hydrogen-bond donors (Lipinski definition) is 1. The van der Waals surface area contributed by atoms with E-state index >= 15 is 0 Å². The van der Waals surface area contributed by atoms with Gasteiger partial charge in [0.15, 0.2) is 0 Å². The number of aryl methyl sites for hydroxylation is 1. The molecule has 5 nitrogen and oxygen atoms in total. The minimum atomic E-state index is -1.01. The highest BCUT2D eigenvalue weighted by atomic mass is 32.2. The SMILES string of the molecule is Cc1ccccc1N1C(=O)S/C(=C/c2ccc(C(=O)O)cc2)C1=O. The molecule has 1 aliphatic heterocycles. The van der Waals surface area contributed by atoms with E-state index in [4.69, 9.17) is 5.11 Å². The fraction of sp³-hybridized carbons (Fsp3) is 0.0556. The summed E-state index contributed by atoms with van der Waals surface area (Å²) in [6, 6.07) is 13.3. The Morgan fingerprint density at radius 2 is 1.75 bits per heavy atom. The lowest BCUT2D eigenvalue weighted by Gasteiger charge is -2.14. The summed E-state index contributed by atoms with van der Waals surface area (Å²) >= 11 is 0.873. The molecular weight excluding hydrogens is 326 g/mol. The summed E-state index contributed by atoms with van der Waals surface area (Å²) in [6.07, 6.45) is 1.59. The Morgan fingerprint density at radius 3 is 2.38 bits per heavy atom. The molecule has 0 saturated carbocycles. The first-order valence-corrected chi connectivity index (χ1v) is 7.96. The van der Waals surface area contributed by atoms with Gasteiger partial charge in [0.05, 0.1) is 16.2 Å². The molecule has 1 aliphatic rings. The fourth-order valence-electron chi connectivity index (χ4n) is 2.36. The van der Waals surface area contributed by atoms with Crippen LogP contribution in [0.4, 0.5) is 10.5 Å². The lowest BCUT2D eigenvalue weighted by atomic mass is 10.1. The Labute approximate surface area is 142 Å². The van der Waals surface area contributed by atoms with Crippen molar-refractivity contribution in [2.75, 3.05) is 4.90 Å². The Morgan fingerprint density at radius 1 is 1.08 bits per heavy atom. The number of imide groups is 1. The largest absolute Gasteiger partial charge is 0.478 e. The summed E-state index contributed by atoms with van der Waals surface area (Å²) in [6.45, 7) is 1.84. The van der Waals surface area contributed by atoms with Gasteiger partial charge < -0.3 is 5.11 Å². The van der Waals surface area contributed by atoms with Crippen molar-refractivity contribution < 1.29 is 19.5 Å². The van der Waals surface area contributed by atoms with Crippen LogP contribution in [0, 0.1) is 6.92 Å². The zero-order chi connectivity index (χ0) is 17.3. The summed E-state index contributed by atoms with van der Waals surface area (Å²) in [5.41, 5.74) is 2.24. The van der Waals surface area contributed by atoms with Gasteiger partial charge >= 0.3 is 5.97 Å². The normalized spacial score (nSPS) is 16.0. The smallest absolute Gasteiger partial charge is 0.335 e. The van der Waals surface area contributed by atoms with Gasteiger partial charge in [-0.05, 0) is 54.1 Å². The second kappa shape index (κ2) is 6.33. The number of amides is 2. The number of carboxylic acids is 1. The van der Waals surface area contributed by atoms with Crippen LogP contribution >= 0.6 is 11.8 Å². The topological polar surface area (TPSA) is 74.7 Å². The van der Waals surface area contributed by atoms with Crippen molar-refractivity contribution in [1.82, 2.24) is 0 Å². The van der Waals surface area contributed by atoms with Crippen molar-refractivity contribution in [3.63, 3.8) is 0 Å². The number of para-hydroxylation sites is 1. The molecule has 2 aromatic rings. The van der Waals surface area contributed by atoms with Crippen LogP contribution in [-0.4, -0.2) is 22.2 Å². The van der Waals surface area contributed by atoms with Crippen molar-refractivity contribution in [3.8, 4) is 0 Å². The zero-order valence-corrected chi connectivity index (χ0v) is 13.5. The number of carbonyl (C=O) groups is 3. The number of hydrogen-bond acceptors (Lipinski definition) is 4. The number of benzene rings is 2. The van der Waals surface area contributed by atoms with Gasteiger partial charge in [-0.25, -0.2) is 9.69 Å². The van der Waals surface area contributed by atoms with Crippen LogP contribution in [-0.2, 0) is 4.79 Å². The van der Waals surface area contributed by atoms with E-state index in [9.17, 15) is 14.4 Å². The first-order chi connectivity index (χ1) is 11.5. The molecule has 0 atom stereocenters. The highest BCUT2D eigenvalue weighted by molar-refractivity contribution is 8.19. The number of carbonyl (C=O) groups excluding carboxylic acids is 2. The van der Waals surface area contributed by atoms with Crippen molar-refractivity contribution >= 4 is 40.6 Å². The molecule has 1 fully saturated rings. The van der Waals surface area contributed by atoms with E-state index in [0.717, 1.165) is 22.2 Å². The van der Waals surface area contributed by atoms with Crippen LogP contribution in [0.1, 0.15) is 21.5 Å². The quantitative estimate of drug-likeness (QED) is 0.858. The van der Waals surface area contributed by atoms with E-state index in [0.29, 0.717) is 16.2 Å². The summed E-state index contributed by atoms with van der Waals surface area (Å²) in [4.78, 5) is 37.1. The lowest BCUT2D eigenvalue weighted by Crippen LogP contribution is -2.28. The summed E-state index contributed by atoms with van der Waals surface area (Å²) in [5, 5.41) is 8.55. The monoisotopic (exact) mass is 339 g/mol. The summed E-state index contributed by atoms with van der Waals surface area (Å²) < 4.78 is 0. The number of thioether (sulfide) groups is 1. The van der Waals surface area contributed by atoms with Gasteiger partial charge in [-0.2, -0.15) is 0 Å². The maximum atomic E-state index is 12.6. The van der Waals surface area contributed by atoms with E-state index < -0.39 is 5.97 Å². The maximum absolute atomic E-state index is 12.6. The molecule has 2 aromatic carbocycles. The predicted molar refractivity (Wildman–Crippen MR) is 93.0 cm³/mol. The molecule has 0 spiro atoms. The van der Waals surface area contributed by atoms with E-state index in [1.54, 1.807) is 30.3 Å². The zero-order valence-electron chi connectivity index (χ0n) is 12.7. The van der Waals surface area contributed by atoms with Gasteiger partial charge in [0.1, 0.15) is 0 Å². The summed E-state index contributed by atoms with van der Waals surface area (Å²) in [5.74, 6) is -1.39. The van der Waals surface area contributed by atoms with Gasteiger partial charge in [-0.15, -0.1) is 0 Å². The fourth-order valence-corrected chi connectivity index (χ4v) is 3.20. The minimum Gasteiger partial charge on any atom is -0.478 e. The van der Waals surface area contributed by atoms with Gasteiger partial charge in [-0.3, -0.25) is 9.59 Å². The molecule has 1 N–H and O–H groups in total. The Kier molecular flexibility index (Phi) is 4.22. The molecule has 1 saturated heterocycles. The third-order valence-electron chi connectivity index (χ3n) is 3.61. The molecule has 0 aliphatic carbocycles. The third-order valence-corrected chi connectivity index (χ3v) is 4.48. The van der Waals surface area contributed by atoms with E-state index in [1.807, 2.05) is 19.1 Å². The lowest BCUT2D eigenvalue weighted by molar-refractivity contribution is -0.113. The Hall–Kier alpha value is -2.86. The van der Waals surface area contributed by atoms with Crippen molar-refractivity contribution in [2.45, 2.75) is 6.92 Å². The molecule has 120 valence electrons. The van der Waals surface area contributed by atoms with Gasteiger partial charge in [0, 0.05) is 0 Å². The van der Waals surface area contributed by atoms with E-state index in [2.05, 4.69) is 0 Å². The molecule has 1 heterocycles. The third kappa shape index (κ3) is 2.96. The van der Waals surface area contributed by atoms with Crippen molar-refractivity contribution in [2.24, 2.45) is 0 Å². The molecule has 0 aromatic heterocycles. The maximum Gasteiger partial charge on any atom is 0.335 e. The second-order valence-corrected chi connectivity index (χ2v) is 6.22. The highest BCUT2D eigenvalue weighted by Gasteiger charge is 2.36. The predicted octanol–water partition coefficient (Wildman–Crippen LogP) is 3.93. The van der Waals surface area contributed by atoms with Crippen LogP contribution in [0.5, 0.6) is 0 Å². The van der Waals surface area contributed by atoms with Crippen molar-refractivity contribution in [1.29, 1.82) is 0 Å². The van der Waals surface area contributed by atoms with Crippen LogP contribution in [0.3, 0.4) is 0 Å². The number of rotatable bonds is 3. The average Bonchev–Trinajstić information content (AvgIpc) is 2.83. The van der Waals surface area contributed by atoms with Crippen LogP contribution in [0.2, 0.25) is 0 Å². The molecular formula is C18H13NO4S. The second-order valence-electron chi connectivity index (χ2n) is 5.23. The molecule has 0 bridgehead atoms. The molecule has 24 heavy (non-hydrogen) atoms. The number of carboxylic acid groups (broad SMARTS) is 1. The van der Waals surface area contributed by atoms with E-state index in [1.165, 1.54) is 12.1 Å². The van der Waals surface area contributed by atoms with Gasteiger partial charge in [-0.1, -0.05) is 30.3 Å². The molecule has 3 rings (SSSR count). The first-order valence-electron chi connectivity index (χ1n) is 7.14. The molecule has 0 radical (unpaired) electrons. The van der Waals surface area contributed by atoms with Crippen LogP contribution < -0.4 is 4.90 Å². The highest BCUT2D eigenvalue weighted by Crippen LogP contribution is 2.36. The summed E-state index contributed by atoms with van der Waals surface area (Å²) in [7, 11) is 0. The molecule has 6 heteroatoms. The Balaban J connectivity index is 1.91. The first kappa shape index (κ1) is 16.0.